The molecule has 0 saturated carbocycles. The summed E-state index contributed by atoms with van der Waals surface area (Å²) in [6, 6.07) is 0. The fourth-order valence-electron chi connectivity index (χ4n) is 0. The van der Waals surface area contributed by atoms with Gasteiger partial charge in [-0.25, -0.2) is 0 Å². The average molecular weight is 293 g/mol. The molecule has 0 saturated heterocycles. The van der Waals surface area contributed by atoms with Crippen LogP contribution < -0.4 is 0 Å². The molecule has 0 N–H and O–H groups in total. The van der Waals surface area contributed by atoms with Crippen LogP contribution in [0.5, 0.6) is 0 Å². The van der Waals surface area contributed by atoms with E-state index in [1.807, 2.05) is 6.82 Å². The van der Waals surface area contributed by atoms with Crippen LogP contribution in [0.25, 0.3) is 0 Å². The molecule has 0 unspecified atom stereocenters. The van der Waals surface area contributed by atoms with E-state index >= 15 is 0 Å². The summed E-state index contributed by atoms with van der Waals surface area (Å²) in [5.41, 5.74) is 0. The first-order valence-corrected chi connectivity index (χ1v) is 0.986. The molecule has 0 bridgehead atoms. The van der Waals surface area contributed by atoms with E-state index in [4.69, 9.17) is 0 Å². The van der Waals surface area contributed by atoms with Crippen molar-refractivity contribution in [3.05, 3.63) is 14.2 Å². The number of hydrogen-bond donors (Lipinski definition) is 0. The summed E-state index contributed by atoms with van der Waals surface area (Å²) in [4.78, 5) is 0. The fourth-order valence-corrected chi connectivity index (χ4v) is 0. The quantitative estimate of drug-likeness (QED) is 0.461. The predicted molar refractivity (Wildman–Crippen MR) is 23.4 cm³/mol. The monoisotopic (exact) mass is 293 g/mol. The maximum atomic E-state index is 3.36. The van der Waals surface area contributed by atoms with E-state index in [-0.39, 0.29) is 38.5 Å². The Hall–Kier alpha value is 1.12. The number of rotatable bonds is 0. The van der Waals surface area contributed by atoms with Gasteiger partial charge >= 0.3 is 31.1 Å². The van der Waals surface area contributed by atoms with Crippen LogP contribution in [0.2, 0.25) is 6.82 Å². The minimum absolute atomic E-state index is 0. The molecule has 0 atom stereocenters. The Balaban J connectivity index is -0.0000000200. The van der Waals surface area contributed by atoms with Gasteiger partial charge in [0, 0.05) is 0 Å². The van der Waals surface area contributed by atoms with Crippen LogP contribution in [-0.2, 0) is 0 Å². The molecule has 0 fully saturated rings. The molecule has 0 amide bonds. The van der Waals surface area contributed by atoms with Gasteiger partial charge in [-0.1, -0.05) is 7.28 Å². The molecule has 1 radical (unpaired) electrons. The second kappa shape index (κ2) is 19.4. The van der Waals surface area contributed by atoms with Gasteiger partial charge < -0.3 is 14.2 Å². The van der Waals surface area contributed by atoms with Crippen molar-refractivity contribution < 1.29 is 31.1 Å². The van der Waals surface area contributed by atoms with Crippen LogP contribution in [0.15, 0.2) is 0 Å². The molecule has 2 heteroatoms. The maximum Gasteiger partial charge on any atom is 2.00 e. The Morgan fingerprint density at radius 3 is 1.60 bits per heavy atom. The molecule has 0 aliphatic heterocycles. The van der Waals surface area contributed by atoms with Gasteiger partial charge in [0.05, 0.1) is 0 Å². The van der Waals surface area contributed by atoms with E-state index in [0.717, 1.165) is 0 Å². The van der Waals surface area contributed by atoms with Crippen molar-refractivity contribution in [2.24, 2.45) is 0 Å². The summed E-state index contributed by atoms with van der Waals surface area (Å²) in [6.07, 6.45) is 0. The van der Waals surface area contributed by atoms with Gasteiger partial charge in [0.2, 0.25) is 0 Å². The molecule has 0 heterocycles. The van der Waals surface area contributed by atoms with Crippen molar-refractivity contribution in [2.45, 2.75) is 6.82 Å². The van der Waals surface area contributed by atoms with Crippen LogP contribution in [0.1, 0.15) is 0 Å². The van der Waals surface area contributed by atoms with Crippen molar-refractivity contribution in [3.63, 3.8) is 0 Å². The van der Waals surface area contributed by atoms with Crippen molar-refractivity contribution in [1.29, 1.82) is 0 Å². The normalized spacial score (nSPS) is 2.80. The van der Waals surface area contributed by atoms with E-state index in [1.54, 1.807) is 7.28 Å². The van der Waals surface area contributed by atoms with Gasteiger partial charge in [0.15, 0.2) is 0 Å². The molecule has 0 rings (SSSR count). The van der Waals surface area contributed by atoms with Crippen LogP contribution >= 0.6 is 0 Å². The summed E-state index contributed by atoms with van der Waals surface area (Å²) in [5.74, 6) is 0. The Bertz CT molecular complexity index is 6.85. The van der Waals surface area contributed by atoms with Crippen molar-refractivity contribution >= 4 is 7.28 Å². The minimum Gasteiger partial charge on any atom is -0.373 e. The zero-order valence-electron chi connectivity index (χ0n) is 3.78. The predicted octanol–water partition coefficient (Wildman–Crippen LogP) is 0.981. The summed E-state index contributed by atoms with van der Waals surface area (Å²) in [7, 11) is 1.75. The first kappa shape index (κ1) is 16.5. The Morgan fingerprint density at radius 1 is 1.60 bits per heavy atom. The summed E-state index contributed by atoms with van der Waals surface area (Å²) >= 11 is 0. The van der Waals surface area contributed by atoms with Gasteiger partial charge in [0.1, 0.15) is 0 Å². The van der Waals surface area contributed by atoms with E-state index in [0.29, 0.717) is 0 Å². The van der Waals surface area contributed by atoms with Crippen molar-refractivity contribution in [3.8, 4) is 0 Å². The van der Waals surface area contributed by atoms with E-state index in [2.05, 4.69) is 6.82 Å². The standard InChI is InChI=1S/C2H5B.CH3.U/c1-3-2;;/h1H2,2H3;1H3;/q2*-1;+2. The van der Waals surface area contributed by atoms with E-state index in [1.165, 1.54) is 0 Å². The molecule has 0 aromatic carbocycles. The molecule has 27 valence electrons. The SMILES string of the molecule is [CH2-][B]C.[CH3-].[U+2]. The first-order chi connectivity index (χ1) is 1.41. The van der Waals surface area contributed by atoms with Crippen LogP contribution in [-0.4, -0.2) is 7.28 Å². The van der Waals surface area contributed by atoms with Crippen LogP contribution in [0.3, 0.4) is 0 Å². The van der Waals surface area contributed by atoms with E-state index < -0.39 is 0 Å². The van der Waals surface area contributed by atoms with Gasteiger partial charge in [-0.05, 0) is 0 Å². The Morgan fingerprint density at radius 2 is 1.60 bits per heavy atom. The third kappa shape index (κ3) is 39.9. The van der Waals surface area contributed by atoms with Crippen LogP contribution in [0, 0.1) is 45.4 Å². The Kier molecular flexibility index (Phi) is 63.8. The van der Waals surface area contributed by atoms with Crippen molar-refractivity contribution in [1.82, 2.24) is 0 Å². The van der Waals surface area contributed by atoms with Crippen LogP contribution in [0.4, 0.5) is 0 Å². The van der Waals surface area contributed by atoms with Crippen molar-refractivity contribution in [2.75, 3.05) is 0 Å². The maximum absolute atomic E-state index is 3.36. The third-order valence-electron chi connectivity index (χ3n) is 0. The Labute approximate surface area is 59.3 Å². The second-order valence-electron chi connectivity index (χ2n) is 0.408. The van der Waals surface area contributed by atoms with Gasteiger partial charge in [-0.15, -0.1) is 6.82 Å². The summed E-state index contributed by atoms with van der Waals surface area (Å²) < 4.78 is 0. The van der Waals surface area contributed by atoms with Gasteiger partial charge in [-0.2, -0.15) is 0 Å². The number of hydrogen-bond acceptors (Lipinski definition) is 0. The van der Waals surface area contributed by atoms with Gasteiger partial charge in [0.25, 0.3) is 0 Å². The molecular formula is C3H8BU. The zero-order chi connectivity index (χ0) is 2.71. The molecule has 0 aliphatic carbocycles. The average Bonchev–Trinajstić information content (AvgIpc) is 0.918. The molecule has 5 heavy (non-hydrogen) atoms. The van der Waals surface area contributed by atoms with Gasteiger partial charge in [-0.3, -0.25) is 0 Å². The fraction of sp³-hybridized carbons (Fsp3) is 0.333. The third-order valence-corrected chi connectivity index (χ3v) is 0. The largest absolute Gasteiger partial charge is 2.00 e. The zero-order valence-corrected chi connectivity index (χ0v) is 7.95. The molecule has 0 aliphatic rings. The molecule has 0 aromatic heterocycles. The van der Waals surface area contributed by atoms with E-state index in [9.17, 15) is 0 Å². The molecule has 0 spiro atoms. The summed E-state index contributed by atoms with van der Waals surface area (Å²) in [5, 5.41) is 0. The molecular weight excluding hydrogens is 285 g/mol. The molecule has 0 aromatic rings. The topological polar surface area (TPSA) is 0 Å². The minimum atomic E-state index is 0. The molecule has 0 nitrogen and oxygen atoms in total. The first-order valence-electron chi connectivity index (χ1n) is 0.986. The second-order valence-corrected chi connectivity index (χ2v) is 0.408. The summed E-state index contributed by atoms with van der Waals surface area (Å²) in [6.45, 7) is 5.25. The smallest absolute Gasteiger partial charge is 0.373 e.